The fourth-order valence-corrected chi connectivity index (χ4v) is 2.19. The number of aromatic amines is 1. The first kappa shape index (κ1) is 13.4. The quantitative estimate of drug-likeness (QED) is 0.774. The lowest BCUT2D eigenvalue weighted by molar-refractivity contribution is -0.136. The van der Waals surface area contributed by atoms with Gasteiger partial charge in [-0.2, -0.15) is 0 Å². The van der Waals surface area contributed by atoms with Crippen molar-refractivity contribution in [3.63, 3.8) is 0 Å². The van der Waals surface area contributed by atoms with Gasteiger partial charge in [-0.25, -0.2) is 9.50 Å². The van der Waals surface area contributed by atoms with Crippen LogP contribution in [0.15, 0.2) is 41.2 Å². The normalized spacial score (nSPS) is 10.9. The van der Waals surface area contributed by atoms with Crippen LogP contribution in [0.4, 0.5) is 0 Å². The Morgan fingerprint density at radius 2 is 2.00 bits per heavy atom. The molecule has 0 atom stereocenters. The van der Waals surface area contributed by atoms with Gasteiger partial charge in [0.15, 0.2) is 5.65 Å². The van der Waals surface area contributed by atoms with Crippen molar-refractivity contribution in [3.05, 3.63) is 57.5 Å². The molecule has 0 radical (unpaired) electrons. The van der Waals surface area contributed by atoms with Gasteiger partial charge < -0.3 is 5.11 Å². The first-order chi connectivity index (χ1) is 10.0. The minimum absolute atomic E-state index is 0.231. The predicted molar refractivity (Wildman–Crippen MR) is 77.6 cm³/mol. The fourth-order valence-electron chi connectivity index (χ4n) is 2.06. The Morgan fingerprint density at radius 3 is 2.67 bits per heavy atom. The highest BCUT2D eigenvalue weighted by Gasteiger charge is 2.10. The van der Waals surface area contributed by atoms with Gasteiger partial charge in [-0.3, -0.25) is 14.7 Å². The molecule has 0 aliphatic rings. The number of nitrogens with zero attached hydrogens (tertiary/aromatic N) is 2. The summed E-state index contributed by atoms with van der Waals surface area (Å²) in [6, 6.07) is 10.0. The van der Waals surface area contributed by atoms with Crippen molar-refractivity contribution < 1.29 is 9.90 Å². The number of carbonyl (C=O) groups is 1. The molecule has 0 unspecified atom stereocenters. The molecule has 0 amide bonds. The largest absolute Gasteiger partial charge is 0.481 e. The van der Waals surface area contributed by atoms with Crippen LogP contribution in [-0.4, -0.2) is 25.7 Å². The molecule has 6 nitrogen and oxygen atoms in total. The maximum absolute atomic E-state index is 12.0. The Bertz CT molecular complexity index is 881. The molecule has 0 fully saturated rings. The number of aromatic nitrogens is 3. The molecule has 0 aliphatic heterocycles. The third-order valence-corrected chi connectivity index (χ3v) is 3.24. The van der Waals surface area contributed by atoms with Crippen molar-refractivity contribution in [1.82, 2.24) is 14.6 Å². The Kier molecular flexibility index (Phi) is 3.23. The summed E-state index contributed by atoms with van der Waals surface area (Å²) in [4.78, 5) is 26.8. The summed E-state index contributed by atoms with van der Waals surface area (Å²) in [6.07, 6.45) is -0.285. The maximum atomic E-state index is 12.0. The molecule has 0 saturated carbocycles. The number of benzene rings is 1. The topological polar surface area (TPSA) is 87.5 Å². The van der Waals surface area contributed by atoms with Crippen LogP contribution in [0.2, 0.25) is 5.02 Å². The molecule has 0 spiro atoms. The molecule has 2 N–H and O–H groups in total. The molecule has 21 heavy (non-hydrogen) atoms. The zero-order valence-corrected chi connectivity index (χ0v) is 11.5. The number of hydrogen-bond acceptors (Lipinski definition) is 3. The Hall–Kier alpha value is -2.60. The van der Waals surface area contributed by atoms with E-state index in [1.54, 1.807) is 18.2 Å². The van der Waals surface area contributed by atoms with Crippen LogP contribution in [0, 0.1) is 0 Å². The van der Waals surface area contributed by atoms with Crippen LogP contribution in [0.1, 0.15) is 5.69 Å². The number of aliphatic carboxylic acids is 1. The summed E-state index contributed by atoms with van der Waals surface area (Å²) in [6.45, 7) is 0. The number of carboxylic acid groups (broad SMARTS) is 1. The maximum Gasteiger partial charge on any atom is 0.309 e. The highest BCUT2D eigenvalue weighted by molar-refractivity contribution is 6.30. The van der Waals surface area contributed by atoms with Crippen LogP contribution in [0.5, 0.6) is 0 Å². The van der Waals surface area contributed by atoms with Gasteiger partial charge >= 0.3 is 5.97 Å². The molecule has 0 aliphatic carbocycles. The van der Waals surface area contributed by atoms with Crippen LogP contribution in [0.25, 0.3) is 16.9 Å². The van der Waals surface area contributed by atoms with Crippen molar-refractivity contribution in [2.24, 2.45) is 0 Å². The average molecular weight is 304 g/mol. The van der Waals surface area contributed by atoms with E-state index in [4.69, 9.17) is 16.7 Å². The van der Waals surface area contributed by atoms with Crippen molar-refractivity contribution in [3.8, 4) is 11.3 Å². The second-order valence-corrected chi connectivity index (χ2v) is 4.96. The van der Waals surface area contributed by atoms with Crippen molar-refractivity contribution in [1.29, 1.82) is 0 Å². The first-order valence-electron chi connectivity index (χ1n) is 6.12. The smallest absolute Gasteiger partial charge is 0.309 e. The minimum atomic E-state index is -1.03. The Labute approximate surface area is 123 Å². The number of carboxylic acids is 1. The summed E-state index contributed by atoms with van der Waals surface area (Å²) in [5, 5.41) is 12.3. The van der Waals surface area contributed by atoms with Gasteiger partial charge in [0.1, 0.15) is 0 Å². The Morgan fingerprint density at radius 1 is 1.29 bits per heavy atom. The van der Waals surface area contributed by atoms with E-state index < -0.39 is 5.97 Å². The summed E-state index contributed by atoms with van der Waals surface area (Å²) in [5.41, 5.74) is 1.81. The molecular weight excluding hydrogens is 294 g/mol. The summed E-state index contributed by atoms with van der Waals surface area (Å²) in [5.74, 6) is -1.03. The van der Waals surface area contributed by atoms with E-state index in [0.29, 0.717) is 16.4 Å². The minimum Gasteiger partial charge on any atom is -0.481 e. The van der Waals surface area contributed by atoms with Crippen molar-refractivity contribution in [2.75, 3.05) is 0 Å². The van der Waals surface area contributed by atoms with Crippen LogP contribution in [-0.2, 0) is 11.2 Å². The van der Waals surface area contributed by atoms with E-state index in [-0.39, 0.29) is 17.7 Å². The lowest BCUT2D eigenvalue weighted by atomic mass is 10.1. The molecule has 2 heterocycles. The lowest BCUT2D eigenvalue weighted by Crippen LogP contribution is -2.16. The average Bonchev–Trinajstić information content (AvgIpc) is 2.83. The lowest BCUT2D eigenvalue weighted by Gasteiger charge is -1.97. The number of fused-ring (bicyclic) bond motifs is 1. The van der Waals surface area contributed by atoms with Gasteiger partial charge in [-0.05, 0) is 17.7 Å². The SMILES string of the molecule is O=C(O)Cc1cc(=O)n2[nH]c(-c3ccc(Cl)cc3)cc2n1. The molecule has 0 bridgehead atoms. The first-order valence-corrected chi connectivity index (χ1v) is 6.50. The summed E-state index contributed by atoms with van der Waals surface area (Å²) < 4.78 is 1.27. The zero-order valence-electron chi connectivity index (χ0n) is 10.7. The predicted octanol–water partition coefficient (Wildman–Crippen LogP) is 1.97. The van der Waals surface area contributed by atoms with Crippen molar-refractivity contribution in [2.45, 2.75) is 6.42 Å². The monoisotopic (exact) mass is 303 g/mol. The van der Waals surface area contributed by atoms with Gasteiger partial charge in [0.25, 0.3) is 5.56 Å². The van der Waals surface area contributed by atoms with Gasteiger partial charge in [0, 0.05) is 17.2 Å². The molecular formula is C14H10ClN3O3. The van der Waals surface area contributed by atoms with Gasteiger partial charge in [0.2, 0.25) is 0 Å². The standard InChI is InChI=1S/C14H10ClN3O3/c15-9-3-1-8(2-4-9)11-7-12-16-10(6-14(20)21)5-13(19)18(12)17-11/h1-5,7,17H,6H2,(H,20,21). The molecule has 7 heteroatoms. The van der Waals surface area contributed by atoms with Crippen LogP contribution < -0.4 is 5.56 Å². The van der Waals surface area contributed by atoms with E-state index in [1.165, 1.54) is 10.6 Å². The second-order valence-electron chi connectivity index (χ2n) is 4.53. The van der Waals surface area contributed by atoms with Crippen molar-refractivity contribution >= 4 is 23.2 Å². The van der Waals surface area contributed by atoms with E-state index in [9.17, 15) is 9.59 Å². The summed E-state index contributed by atoms with van der Waals surface area (Å²) >= 11 is 5.84. The van der Waals surface area contributed by atoms with E-state index in [2.05, 4.69) is 10.1 Å². The molecule has 106 valence electrons. The number of nitrogens with one attached hydrogen (secondary N) is 1. The van der Waals surface area contributed by atoms with Gasteiger partial charge in [-0.15, -0.1) is 0 Å². The second kappa shape index (κ2) is 5.06. The highest BCUT2D eigenvalue weighted by Crippen LogP contribution is 2.20. The molecule has 3 rings (SSSR count). The van der Waals surface area contributed by atoms with E-state index in [0.717, 1.165) is 5.56 Å². The third kappa shape index (κ3) is 2.66. The number of H-pyrrole nitrogens is 1. The molecule has 1 aromatic carbocycles. The van der Waals surface area contributed by atoms with E-state index in [1.807, 2.05) is 12.1 Å². The van der Waals surface area contributed by atoms with Gasteiger partial charge in [0.05, 0.1) is 17.8 Å². The number of hydrogen-bond donors (Lipinski definition) is 2. The van der Waals surface area contributed by atoms with Crippen LogP contribution >= 0.6 is 11.6 Å². The number of rotatable bonds is 3. The molecule has 0 saturated heterocycles. The van der Waals surface area contributed by atoms with E-state index >= 15 is 0 Å². The number of halogens is 1. The Balaban J connectivity index is 2.11. The highest BCUT2D eigenvalue weighted by atomic mass is 35.5. The molecule has 2 aromatic heterocycles. The zero-order chi connectivity index (χ0) is 15.0. The van der Waals surface area contributed by atoms with Crippen LogP contribution in [0.3, 0.4) is 0 Å². The molecule has 3 aromatic rings. The third-order valence-electron chi connectivity index (χ3n) is 2.99. The van der Waals surface area contributed by atoms with Gasteiger partial charge in [-0.1, -0.05) is 23.7 Å². The fraction of sp³-hybridized carbons (Fsp3) is 0.0714. The summed E-state index contributed by atoms with van der Waals surface area (Å²) in [7, 11) is 0.